The third-order valence-electron chi connectivity index (χ3n) is 3.46. The smallest absolute Gasteiger partial charge is 0.414 e. The normalized spacial score (nSPS) is 10.3. The van der Waals surface area contributed by atoms with Crippen LogP contribution < -0.4 is 4.90 Å². The molecule has 25 heavy (non-hydrogen) atoms. The highest BCUT2D eigenvalue weighted by atomic mass is 19.1. The molecular formula is C17H18FN3O4. The van der Waals surface area contributed by atoms with Gasteiger partial charge < -0.3 is 4.74 Å². The van der Waals surface area contributed by atoms with Gasteiger partial charge in [0, 0.05) is 6.20 Å². The fraction of sp³-hybridized carbons (Fsp3) is 0.294. The van der Waals surface area contributed by atoms with Gasteiger partial charge in [-0.25, -0.2) is 9.18 Å². The van der Waals surface area contributed by atoms with Crippen molar-refractivity contribution in [3.63, 3.8) is 0 Å². The molecule has 1 amide bonds. The van der Waals surface area contributed by atoms with Crippen LogP contribution in [0, 0.1) is 15.9 Å². The molecule has 0 radical (unpaired) electrons. The van der Waals surface area contributed by atoms with E-state index in [1.807, 2.05) is 6.92 Å². The molecular weight excluding hydrogens is 329 g/mol. The molecule has 0 N–H and O–H groups in total. The Balaban J connectivity index is 2.33. The Bertz CT molecular complexity index is 737. The fourth-order valence-corrected chi connectivity index (χ4v) is 2.15. The Hall–Kier alpha value is -3.03. The van der Waals surface area contributed by atoms with E-state index in [1.54, 1.807) is 0 Å². The van der Waals surface area contributed by atoms with E-state index in [0.29, 0.717) is 12.0 Å². The number of hydrogen-bond acceptors (Lipinski definition) is 5. The lowest BCUT2D eigenvalue weighted by atomic mass is 10.2. The minimum absolute atomic E-state index is 0.0100. The van der Waals surface area contributed by atoms with E-state index in [0.717, 1.165) is 17.5 Å². The molecule has 0 fully saturated rings. The van der Waals surface area contributed by atoms with Gasteiger partial charge in [0.25, 0.3) is 0 Å². The van der Waals surface area contributed by atoms with Gasteiger partial charge >= 0.3 is 11.8 Å². The molecule has 0 aliphatic rings. The molecule has 0 atom stereocenters. The molecule has 0 bridgehead atoms. The van der Waals surface area contributed by atoms with E-state index >= 15 is 0 Å². The molecule has 2 aromatic rings. The number of rotatable bonds is 7. The molecule has 2 rings (SSSR count). The van der Waals surface area contributed by atoms with E-state index in [2.05, 4.69) is 4.98 Å². The second-order valence-corrected chi connectivity index (χ2v) is 5.30. The minimum atomic E-state index is -0.702. The minimum Gasteiger partial charge on any atom is -0.449 e. The van der Waals surface area contributed by atoms with Crippen molar-refractivity contribution in [2.75, 3.05) is 11.5 Å². The Morgan fingerprint density at radius 2 is 2.04 bits per heavy atom. The molecule has 132 valence electrons. The number of nitro groups is 1. The summed E-state index contributed by atoms with van der Waals surface area (Å²) in [6.07, 6.45) is 3.27. The fourth-order valence-electron chi connectivity index (χ4n) is 2.15. The quantitative estimate of drug-likeness (QED) is 0.428. The second kappa shape index (κ2) is 8.72. The lowest BCUT2D eigenvalue weighted by molar-refractivity contribution is -0.384. The van der Waals surface area contributed by atoms with Crippen LogP contribution in [0.15, 0.2) is 42.7 Å². The Labute approximate surface area is 144 Å². The zero-order chi connectivity index (χ0) is 18.2. The lowest BCUT2D eigenvalue weighted by Crippen LogP contribution is -2.32. The number of aromatic nitrogens is 1. The molecule has 1 aromatic heterocycles. The van der Waals surface area contributed by atoms with Gasteiger partial charge in [0.1, 0.15) is 17.7 Å². The van der Waals surface area contributed by atoms with Gasteiger partial charge in [0.05, 0.1) is 18.1 Å². The third kappa shape index (κ3) is 4.97. The third-order valence-corrected chi connectivity index (χ3v) is 3.46. The topological polar surface area (TPSA) is 85.6 Å². The Morgan fingerprint density at radius 1 is 1.32 bits per heavy atom. The van der Waals surface area contributed by atoms with Gasteiger partial charge in [-0.1, -0.05) is 25.5 Å². The second-order valence-electron chi connectivity index (χ2n) is 5.30. The first kappa shape index (κ1) is 18.3. The van der Waals surface area contributed by atoms with E-state index in [1.165, 1.54) is 36.5 Å². The van der Waals surface area contributed by atoms with E-state index in [4.69, 9.17) is 4.74 Å². The zero-order valence-electron chi connectivity index (χ0n) is 13.7. The van der Waals surface area contributed by atoms with Gasteiger partial charge in [0.2, 0.25) is 0 Å². The summed E-state index contributed by atoms with van der Waals surface area (Å²) in [6, 6.07) is 6.92. The van der Waals surface area contributed by atoms with Crippen molar-refractivity contribution >= 4 is 17.5 Å². The van der Waals surface area contributed by atoms with E-state index < -0.39 is 16.8 Å². The van der Waals surface area contributed by atoms with Crippen LogP contribution in [-0.2, 0) is 11.3 Å². The molecule has 1 aromatic carbocycles. The number of ether oxygens (including phenoxy) is 1. The largest absolute Gasteiger partial charge is 0.449 e. The average Bonchev–Trinajstić information content (AvgIpc) is 2.61. The summed E-state index contributed by atoms with van der Waals surface area (Å²) >= 11 is 0. The highest BCUT2D eigenvalue weighted by Crippen LogP contribution is 2.28. The van der Waals surface area contributed by atoms with E-state index in [-0.39, 0.29) is 24.5 Å². The van der Waals surface area contributed by atoms with Crippen molar-refractivity contribution < 1.29 is 18.8 Å². The summed E-state index contributed by atoms with van der Waals surface area (Å²) in [4.78, 5) is 28.0. The summed E-state index contributed by atoms with van der Waals surface area (Å²) < 4.78 is 18.3. The van der Waals surface area contributed by atoms with Crippen LogP contribution in [-0.4, -0.2) is 22.6 Å². The molecule has 0 aliphatic carbocycles. The predicted molar refractivity (Wildman–Crippen MR) is 89.7 cm³/mol. The van der Waals surface area contributed by atoms with Gasteiger partial charge in [-0.2, -0.15) is 0 Å². The van der Waals surface area contributed by atoms with Crippen LogP contribution in [0.4, 0.5) is 20.6 Å². The van der Waals surface area contributed by atoms with Gasteiger partial charge in [-0.05, 0) is 30.2 Å². The summed E-state index contributed by atoms with van der Waals surface area (Å²) in [5, 5.41) is 11.2. The summed E-state index contributed by atoms with van der Waals surface area (Å²) in [6.45, 7) is 2.18. The van der Waals surface area contributed by atoms with Crippen LogP contribution in [0.25, 0.3) is 0 Å². The highest BCUT2D eigenvalue weighted by Gasteiger charge is 2.26. The SMILES string of the molecule is CCCCOC(=O)N(Cc1ccc(F)cc1)c1ccncc1[N+](=O)[O-]. The predicted octanol–water partition coefficient (Wildman–Crippen LogP) is 4.07. The van der Waals surface area contributed by atoms with Gasteiger partial charge in [0.15, 0.2) is 0 Å². The number of benzene rings is 1. The first-order chi connectivity index (χ1) is 12.0. The summed E-state index contributed by atoms with van der Waals surface area (Å²) in [7, 11) is 0. The van der Waals surface area contributed by atoms with Gasteiger partial charge in [-0.15, -0.1) is 0 Å². The van der Waals surface area contributed by atoms with Crippen LogP contribution >= 0.6 is 0 Å². The van der Waals surface area contributed by atoms with Crippen LogP contribution in [0.3, 0.4) is 0 Å². The molecule has 8 heteroatoms. The standard InChI is InChI=1S/C17H18FN3O4/c1-2-3-10-25-17(22)20(12-13-4-6-14(18)7-5-13)15-8-9-19-11-16(15)21(23)24/h4-9,11H,2-3,10,12H2,1H3. The van der Waals surface area contributed by atoms with Crippen LogP contribution in [0.1, 0.15) is 25.3 Å². The number of nitrogens with zero attached hydrogens (tertiary/aromatic N) is 3. The summed E-state index contributed by atoms with van der Waals surface area (Å²) in [5.41, 5.74) is 0.378. The van der Waals surface area contributed by atoms with Gasteiger partial charge in [-0.3, -0.25) is 20.0 Å². The summed E-state index contributed by atoms with van der Waals surface area (Å²) in [5.74, 6) is -0.407. The molecule has 0 spiro atoms. The van der Waals surface area contributed by atoms with Crippen molar-refractivity contribution in [3.8, 4) is 0 Å². The molecule has 0 saturated carbocycles. The number of halogens is 1. The molecule has 7 nitrogen and oxygen atoms in total. The maximum Gasteiger partial charge on any atom is 0.414 e. The number of carbonyl (C=O) groups is 1. The number of amides is 1. The van der Waals surface area contributed by atoms with Crippen LogP contribution in [0.5, 0.6) is 0 Å². The molecule has 0 unspecified atom stereocenters. The molecule has 0 aliphatic heterocycles. The van der Waals surface area contributed by atoms with Crippen molar-refractivity contribution in [1.29, 1.82) is 0 Å². The van der Waals surface area contributed by atoms with E-state index in [9.17, 15) is 19.3 Å². The van der Waals surface area contributed by atoms with Crippen molar-refractivity contribution in [2.24, 2.45) is 0 Å². The number of hydrogen-bond donors (Lipinski definition) is 0. The lowest BCUT2D eigenvalue weighted by Gasteiger charge is -2.22. The first-order valence-corrected chi connectivity index (χ1v) is 7.80. The zero-order valence-corrected chi connectivity index (χ0v) is 13.7. The number of unbranched alkanes of at least 4 members (excludes halogenated alkanes) is 1. The van der Waals surface area contributed by atoms with Crippen molar-refractivity contribution in [1.82, 2.24) is 4.98 Å². The highest BCUT2D eigenvalue weighted by molar-refractivity contribution is 5.90. The maximum absolute atomic E-state index is 13.1. The first-order valence-electron chi connectivity index (χ1n) is 7.80. The molecule has 1 heterocycles. The average molecular weight is 347 g/mol. The maximum atomic E-state index is 13.1. The monoisotopic (exact) mass is 347 g/mol. The van der Waals surface area contributed by atoms with Crippen LogP contribution in [0.2, 0.25) is 0 Å². The number of anilines is 1. The Morgan fingerprint density at radius 3 is 2.68 bits per heavy atom. The number of pyridine rings is 1. The molecule has 0 saturated heterocycles. The number of carbonyl (C=O) groups excluding carboxylic acids is 1. The van der Waals surface area contributed by atoms with Crippen molar-refractivity contribution in [2.45, 2.75) is 26.3 Å². The van der Waals surface area contributed by atoms with Crippen molar-refractivity contribution in [3.05, 3.63) is 64.2 Å². The Kier molecular flexibility index (Phi) is 6.39.